The number of carbonyl (C=O) groups is 2. The molecule has 1 aliphatic rings. The van der Waals surface area contributed by atoms with Gasteiger partial charge in [-0.3, -0.25) is 14.5 Å². The average Bonchev–Trinajstić information content (AvgIpc) is 3.39. The van der Waals surface area contributed by atoms with Crippen molar-refractivity contribution in [2.45, 2.75) is 20.0 Å². The molecule has 0 fully saturated rings. The molecule has 1 unspecified atom stereocenters. The van der Waals surface area contributed by atoms with Crippen LogP contribution in [0.15, 0.2) is 78.2 Å². The van der Waals surface area contributed by atoms with Crippen LogP contribution in [0.1, 0.15) is 13.8 Å². The van der Waals surface area contributed by atoms with Crippen LogP contribution in [-0.4, -0.2) is 36.1 Å². The summed E-state index contributed by atoms with van der Waals surface area (Å²) < 4.78 is 11.4. The summed E-state index contributed by atoms with van der Waals surface area (Å²) in [5.41, 5.74) is 3.78. The predicted molar refractivity (Wildman–Crippen MR) is 142 cm³/mol. The molecule has 0 saturated heterocycles. The molecule has 1 aliphatic heterocycles. The largest absolute Gasteiger partial charge is 0.492 e. The van der Waals surface area contributed by atoms with E-state index in [4.69, 9.17) is 14.5 Å². The molecule has 2 amide bonds. The van der Waals surface area contributed by atoms with Gasteiger partial charge < -0.3 is 14.8 Å². The standard InChI is InChI=1S/C28H25N3O4S/c1-3-34-24-12-8-7-11-21(24)29-26(32)16-31-23-15-20(13-14-25(23)35-18(2)28(31)33)22-17-36-27(30-22)19-9-5-4-6-10-19/h4-15,17-18H,3,16H2,1-2H3,(H,29,32). The Labute approximate surface area is 213 Å². The fraction of sp³-hybridized carbons (Fsp3) is 0.179. The lowest BCUT2D eigenvalue weighted by Crippen LogP contribution is -2.47. The van der Waals surface area contributed by atoms with E-state index in [0.29, 0.717) is 29.5 Å². The van der Waals surface area contributed by atoms with Crippen molar-refractivity contribution in [3.8, 4) is 33.3 Å². The van der Waals surface area contributed by atoms with E-state index >= 15 is 0 Å². The van der Waals surface area contributed by atoms with E-state index in [2.05, 4.69) is 5.32 Å². The topological polar surface area (TPSA) is 80.8 Å². The number of fused-ring (bicyclic) bond motifs is 1. The summed E-state index contributed by atoms with van der Waals surface area (Å²) in [7, 11) is 0. The highest BCUT2D eigenvalue weighted by molar-refractivity contribution is 7.13. The molecular weight excluding hydrogens is 474 g/mol. The minimum atomic E-state index is -0.698. The second-order valence-electron chi connectivity index (χ2n) is 8.25. The number of amides is 2. The highest BCUT2D eigenvalue weighted by Gasteiger charge is 2.33. The molecule has 4 aromatic rings. The van der Waals surface area contributed by atoms with Gasteiger partial charge in [-0.05, 0) is 44.2 Å². The van der Waals surface area contributed by atoms with E-state index in [0.717, 1.165) is 21.8 Å². The van der Waals surface area contributed by atoms with Gasteiger partial charge in [-0.2, -0.15) is 0 Å². The van der Waals surface area contributed by atoms with Crippen LogP contribution in [0.5, 0.6) is 11.5 Å². The van der Waals surface area contributed by atoms with Gasteiger partial charge in [0.15, 0.2) is 6.10 Å². The predicted octanol–water partition coefficient (Wildman–Crippen LogP) is 5.63. The molecule has 1 N–H and O–H groups in total. The van der Waals surface area contributed by atoms with Crippen LogP contribution in [0.25, 0.3) is 21.8 Å². The number of aromatic nitrogens is 1. The summed E-state index contributed by atoms with van der Waals surface area (Å²) in [6.07, 6.45) is -0.698. The van der Waals surface area contributed by atoms with Gasteiger partial charge in [-0.25, -0.2) is 4.98 Å². The molecular formula is C28H25N3O4S. The molecule has 36 heavy (non-hydrogen) atoms. The van der Waals surface area contributed by atoms with E-state index in [1.807, 2.05) is 73.0 Å². The van der Waals surface area contributed by atoms with Crippen molar-refractivity contribution in [3.05, 3.63) is 78.2 Å². The van der Waals surface area contributed by atoms with Crippen molar-refractivity contribution < 1.29 is 19.1 Å². The second kappa shape index (κ2) is 10.2. The van der Waals surface area contributed by atoms with Crippen molar-refractivity contribution in [3.63, 3.8) is 0 Å². The van der Waals surface area contributed by atoms with Crippen molar-refractivity contribution in [1.82, 2.24) is 4.98 Å². The summed E-state index contributed by atoms with van der Waals surface area (Å²) in [6, 6.07) is 22.8. The zero-order chi connectivity index (χ0) is 25.1. The zero-order valence-corrected chi connectivity index (χ0v) is 20.7. The molecule has 0 spiro atoms. The van der Waals surface area contributed by atoms with Crippen LogP contribution in [0.3, 0.4) is 0 Å². The Morgan fingerprint density at radius 2 is 1.86 bits per heavy atom. The fourth-order valence-corrected chi connectivity index (χ4v) is 4.87. The number of hydrogen-bond donors (Lipinski definition) is 1. The van der Waals surface area contributed by atoms with E-state index in [1.165, 1.54) is 4.90 Å². The number of rotatable bonds is 7. The number of anilines is 2. The highest BCUT2D eigenvalue weighted by Crippen LogP contribution is 2.38. The Kier molecular flexibility index (Phi) is 6.69. The molecule has 5 rings (SSSR count). The van der Waals surface area contributed by atoms with Crippen LogP contribution >= 0.6 is 11.3 Å². The smallest absolute Gasteiger partial charge is 0.268 e. The molecule has 1 atom stereocenters. The number of thiazole rings is 1. The van der Waals surface area contributed by atoms with Crippen LogP contribution in [-0.2, 0) is 9.59 Å². The van der Waals surface area contributed by atoms with Gasteiger partial charge >= 0.3 is 0 Å². The first-order valence-corrected chi connectivity index (χ1v) is 12.6. The van der Waals surface area contributed by atoms with Gasteiger partial charge in [-0.1, -0.05) is 42.5 Å². The number of nitrogens with one attached hydrogen (secondary N) is 1. The van der Waals surface area contributed by atoms with Gasteiger partial charge in [-0.15, -0.1) is 11.3 Å². The van der Waals surface area contributed by atoms with Gasteiger partial charge in [0.2, 0.25) is 5.91 Å². The molecule has 3 aromatic carbocycles. The van der Waals surface area contributed by atoms with Crippen molar-refractivity contribution >= 4 is 34.5 Å². The Balaban J connectivity index is 1.41. The summed E-state index contributed by atoms with van der Waals surface area (Å²) in [4.78, 5) is 32.3. The van der Waals surface area contributed by atoms with Crippen LogP contribution in [0.2, 0.25) is 0 Å². The first-order valence-electron chi connectivity index (χ1n) is 11.7. The number of carbonyl (C=O) groups excluding carboxylic acids is 2. The fourth-order valence-electron chi connectivity index (χ4n) is 4.03. The molecule has 182 valence electrons. The maximum absolute atomic E-state index is 13.1. The highest BCUT2D eigenvalue weighted by atomic mass is 32.1. The van der Waals surface area contributed by atoms with Gasteiger partial charge in [0.05, 0.1) is 23.7 Å². The summed E-state index contributed by atoms with van der Waals surface area (Å²) in [5, 5.41) is 5.76. The third-order valence-electron chi connectivity index (χ3n) is 5.75. The first kappa shape index (κ1) is 23.6. The summed E-state index contributed by atoms with van der Waals surface area (Å²) in [5.74, 6) is 0.513. The molecule has 1 aromatic heterocycles. The minimum absolute atomic E-state index is 0.157. The second-order valence-corrected chi connectivity index (χ2v) is 9.11. The maximum Gasteiger partial charge on any atom is 0.268 e. The normalized spacial score (nSPS) is 14.7. The summed E-state index contributed by atoms with van der Waals surface area (Å²) in [6.45, 7) is 3.88. The summed E-state index contributed by atoms with van der Waals surface area (Å²) >= 11 is 1.55. The Morgan fingerprint density at radius 1 is 1.08 bits per heavy atom. The van der Waals surface area contributed by atoms with E-state index in [-0.39, 0.29) is 18.4 Å². The number of ether oxygens (including phenoxy) is 2. The number of nitrogens with zero attached hydrogens (tertiary/aromatic N) is 2. The Bertz CT molecular complexity index is 1400. The molecule has 0 aliphatic carbocycles. The monoisotopic (exact) mass is 499 g/mol. The average molecular weight is 500 g/mol. The van der Waals surface area contributed by atoms with Crippen molar-refractivity contribution in [2.75, 3.05) is 23.4 Å². The van der Waals surface area contributed by atoms with Gasteiger partial charge in [0, 0.05) is 16.5 Å². The quantitative estimate of drug-likeness (QED) is 0.357. The Morgan fingerprint density at radius 3 is 2.67 bits per heavy atom. The lowest BCUT2D eigenvalue weighted by molar-refractivity contribution is -0.127. The first-order chi connectivity index (χ1) is 17.5. The molecule has 7 nitrogen and oxygen atoms in total. The lowest BCUT2D eigenvalue weighted by Gasteiger charge is -2.33. The Hall–Kier alpha value is -4.17. The van der Waals surface area contributed by atoms with Crippen molar-refractivity contribution in [1.29, 1.82) is 0 Å². The molecule has 0 radical (unpaired) electrons. The number of para-hydroxylation sites is 2. The van der Waals surface area contributed by atoms with E-state index < -0.39 is 6.10 Å². The van der Waals surface area contributed by atoms with Crippen molar-refractivity contribution in [2.24, 2.45) is 0 Å². The third-order valence-corrected chi connectivity index (χ3v) is 6.64. The van der Waals surface area contributed by atoms with Crippen LogP contribution in [0, 0.1) is 0 Å². The van der Waals surface area contributed by atoms with Crippen LogP contribution in [0.4, 0.5) is 11.4 Å². The SMILES string of the molecule is CCOc1ccccc1NC(=O)CN1C(=O)C(C)Oc2ccc(-c3csc(-c4ccccc4)n3)cc21. The minimum Gasteiger partial charge on any atom is -0.492 e. The lowest BCUT2D eigenvalue weighted by atomic mass is 10.1. The number of benzene rings is 3. The third kappa shape index (κ3) is 4.81. The van der Waals surface area contributed by atoms with Gasteiger partial charge in [0.1, 0.15) is 23.1 Å². The molecule has 2 heterocycles. The maximum atomic E-state index is 13.1. The van der Waals surface area contributed by atoms with Crippen LogP contribution < -0.4 is 19.7 Å². The molecule has 8 heteroatoms. The van der Waals surface area contributed by atoms with Gasteiger partial charge in [0.25, 0.3) is 5.91 Å². The van der Waals surface area contributed by atoms with E-state index in [9.17, 15) is 9.59 Å². The van der Waals surface area contributed by atoms with E-state index in [1.54, 1.807) is 30.4 Å². The number of hydrogen-bond acceptors (Lipinski definition) is 6. The molecule has 0 saturated carbocycles. The molecule has 0 bridgehead atoms. The zero-order valence-electron chi connectivity index (χ0n) is 19.9.